The minimum atomic E-state index is -0.0857. The Balaban J connectivity index is 1.57. The van der Waals surface area contributed by atoms with Gasteiger partial charge in [-0.05, 0) is 45.4 Å². The summed E-state index contributed by atoms with van der Waals surface area (Å²) >= 11 is 1.42. The van der Waals surface area contributed by atoms with Crippen LogP contribution in [0.25, 0.3) is 21.0 Å². The smallest absolute Gasteiger partial charge is 0.261 e. The molecule has 4 rings (SSSR count). The van der Waals surface area contributed by atoms with Crippen LogP contribution >= 0.6 is 11.3 Å². The Hall–Kier alpha value is -2.18. The number of nitrogens with one attached hydrogen (secondary N) is 1. The van der Waals surface area contributed by atoms with Crippen LogP contribution in [0.3, 0.4) is 0 Å². The number of amides is 1. The lowest BCUT2D eigenvalue weighted by molar-refractivity contribution is 0.0942. The molecule has 148 valence electrons. The molecule has 1 saturated heterocycles. The molecule has 28 heavy (non-hydrogen) atoms. The van der Waals surface area contributed by atoms with Crippen LogP contribution in [0.5, 0.6) is 0 Å². The first-order valence-electron chi connectivity index (χ1n) is 10.2. The van der Waals surface area contributed by atoms with Gasteiger partial charge in [0.15, 0.2) is 0 Å². The van der Waals surface area contributed by atoms with E-state index in [1.807, 2.05) is 31.2 Å². The Bertz CT molecular complexity index is 1070. The van der Waals surface area contributed by atoms with Crippen LogP contribution in [0.15, 0.2) is 35.1 Å². The van der Waals surface area contributed by atoms with Gasteiger partial charge < -0.3 is 9.88 Å². The van der Waals surface area contributed by atoms with Crippen LogP contribution < -0.4 is 10.9 Å². The fourth-order valence-electron chi connectivity index (χ4n) is 4.22. The number of likely N-dealkylation sites (tertiary alicyclic amines) is 1. The van der Waals surface area contributed by atoms with Gasteiger partial charge in [-0.15, -0.1) is 11.3 Å². The van der Waals surface area contributed by atoms with E-state index < -0.39 is 0 Å². The fourth-order valence-corrected chi connectivity index (χ4v) is 5.32. The Kier molecular flexibility index (Phi) is 5.51. The third-order valence-electron chi connectivity index (χ3n) is 5.81. The summed E-state index contributed by atoms with van der Waals surface area (Å²) in [5, 5.41) is 4.72. The topological polar surface area (TPSA) is 54.3 Å². The number of aryl methyl sites for hydroxylation is 1. The Morgan fingerprint density at radius 3 is 2.86 bits per heavy atom. The summed E-state index contributed by atoms with van der Waals surface area (Å²) in [7, 11) is 0. The third-order valence-corrected chi connectivity index (χ3v) is 6.98. The molecule has 0 spiro atoms. The van der Waals surface area contributed by atoms with Crippen molar-refractivity contribution in [3.63, 3.8) is 0 Å². The molecule has 1 N–H and O–H groups in total. The van der Waals surface area contributed by atoms with Crippen LogP contribution in [-0.4, -0.2) is 41.1 Å². The molecule has 6 heteroatoms. The number of pyridine rings is 1. The monoisotopic (exact) mass is 397 g/mol. The molecule has 0 saturated carbocycles. The molecule has 1 amide bonds. The second kappa shape index (κ2) is 8.05. The van der Waals surface area contributed by atoms with E-state index in [1.165, 1.54) is 30.6 Å². The molecule has 0 aliphatic carbocycles. The molecule has 3 aromatic rings. The lowest BCUT2D eigenvalue weighted by Crippen LogP contribution is -2.42. The summed E-state index contributed by atoms with van der Waals surface area (Å²) in [6.45, 7) is 7.47. The number of fused-ring (bicyclic) bond motifs is 3. The van der Waals surface area contributed by atoms with E-state index in [9.17, 15) is 9.59 Å². The number of nitrogens with zero attached hydrogens (tertiary/aromatic N) is 2. The minimum absolute atomic E-state index is 0.0198. The second-order valence-electron chi connectivity index (χ2n) is 7.56. The summed E-state index contributed by atoms with van der Waals surface area (Å²) in [6.07, 6.45) is 3.78. The maximum Gasteiger partial charge on any atom is 0.261 e. The lowest BCUT2D eigenvalue weighted by Gasteiger charge is -2.33. The zero-order chi connectivity index (χ0) is 19.7. The molecule has 3 heterocycles. The number of carbonyl (C=O) groups excluding carboxylic acids is 1. The predicted octanol–water partition coefficient (Wildman–Crippen LogP) is 3.84. The highest BCUT2D eigenvalue weighted by atomic mass is 32.1. The fraction of sp³-hybridized carbons (Fsp3) is 0.455. The van der Waals surface area contributed by atoms with Crippen LogP contribution in [0.4, 0.5) is 0 Å². The van der Waals surface area contributed by atoms with E-state index in [0.29, 0.717) is 29.4 Å². The van der Waals surface area contributed by atoms with Crippen LogP contribution in [0, 0.1) is 0 Å². The molecule has 2 aromatic heterocycles. The molecular formula is C22H27N3O2S. The second-order valence-corrected chi connectivity index (χ2v) is 8.61. The van der Waals surface area contributed by atoms with Gasteiger partial charge in [-0.3, -0.25) is 14.5 Å². The van der Waals surface area contributed by atoms with Crippen LogP contribution in [-0.2, 0) is 6.54 Å². The van der Waals surface area contributed by atoms with Gasteiger partial charge in [-0.1, -0.05) is 24.6 Å². The quantitative estimate of drug-likeness (QED) is 0.712. The maximum absolute atomic E-state index is 12.9. The summed E-state index contributed by atoms with van der Waals surface area (Å²) in [4.78, 5) is 28.7. The highest BCUT2D eigenvalue weighted by Crippen LogP contribution is 2.30. The molecular weight excluding hydrogens is 370 g/mol. The molecule has 1 aliphatic heterocycles. The van der Waals surface area contributed by atoms with Gasteiger partial charge in [0.05, 0.1) is 15.8 Å². The van der Waals surface area contributed by atoms with E-state index >= 15 is 0 Å². The van der Waals surface area contributed by atoms with Crippen molar-refractivity contribution < 1.29 is 4.79 Å². The average molecular weight is 398 g/mol. The Morgan fingerprint density at radius 1 is 1.25 bits per heavy atom. The lowest BCUT2D eigenvalue weighted by atomic mass is 10.0. The van der Waals surface area contributed by atoms with Crippen molar-refractivity contribution in [1.29, 1.82) is 0 Å². The molecule has 1 fully saturated rings. The van der Waals surface area contributed by atoms with E-state index in [-0.39, 0.29) is 11.5 Å². The van der Waals surface area contributed by atoms with Crippen molar-refractivity contribution >= 4 is 38.2 Å². The number of benzene rings is 1. The summed E-state index contributed by atoms with van der Waals surface area (Å²) in [5.41, 5.74) is 0.907. The normalized spacial score (nSPS) is 18.0. The van der Waals surface area contributed by atoms with E-state index in [0.717, 1.165) is 28.7 Å². The van der Waals surface area contributed by atoms with Gasteiger partial charge in [0.25, 0.3) is 11.5 Å². The van der Waals surface area contributed by atoms with Gasteiger partial charge in [0.2, 0.25) is 0 Å². The summed E-state index contributed by atoms with van der Waals surface area (Å²) in [5.74, 6) is -0.0857. The predicted molar refractivity (Wildman–Crippen MR) is 116 cm³/mol. The number of hydrogen-bond acceptors (Lipinski definition) is 4. The van der Waals surface area contributed by atoms with E-state index in [1.54, 1.807) is 10.6 Å². The summed E-state index contributed by atoms with van der Waals surface area (Å²) in [6, 6.07) is 10.3. The van der Waals surface area contributed by atoms with Crippen molar-refractivity contribution in [2.24, 2.45) is 0 Å². The van der Waals surface area contributed by atoms with Crippen molar-refractivity contribution in [2.75, 3.05) is 19.6 Å². The molecule has 0 unspecified atom stereocenters. The number of rotatable bonds is 5. The highest BCUT2D eigenvalue weighted by Gasteiger charge is 2.19. The van der Waals surface area contributed by atoms with Crippen molar-refractivity contribution in [3.8, 4) is 0 Å². The Labute approximate surface area is 169 Å². The minimum Gasteiger partial charge on any atom is -0.350 e. The standard InChI is InChI=1S/C22H27N3O2S/c1-3-25-18-10-5-4-9-16(18)20-17(22(25)27)14-19(28-20)21(26)23-11-13-24-12-7-6-8-15(24)2/h4-5,9-10,14-15H,3,6-8,11-13H2,1-2H3,(H,23,26)/t15-/m1/s1. The number of hydrogen-bond donors (Lipinski definition) is 1. The number of thiophene rings is 1. The van der Waals surface area contributed by atoms with Gasteiger partial charge in [0, 0.05) is 35.8 Å². The molecule has 1 aromatic carbocycles. The highest BCUT2D eigenvalue weighted by molar-refractivity contribution is 7.21. The van der Waals surface area contributed by atoms with Crippen LogP contribution in [0.2, 0.25) is 0 Å². The first-order valence-corrected chi connectivity index (χ1v) is 11.0. The summed E-state index contributed by atoms with van der Waals surface area (Å²) < 4.78 is 2.68. The van der Waals surface area contributed by atoms with Crippen molar-refractivity contribution in [2.45, 2.75) is 45.7 Å². The number of carbonyl (C=O) groups is 1. The molecule has 5 nitrogen and oxygen atoms in total. The largest absolute Gasteiger partial charge is 0.350 e. The third kappa shape index (κ3) is 3.47. The molecule has 0 radical (unpaired) electrons. The van der Waals surface area contributed by atoms with Crippen LogP contribution in [0.1, 0.15) is 42.8 Å². The molecule has 1 aliphatic rings. The van der Waals surface area contributed by atoms with Gasteiger partial charge in [-0.25, -0.2) is 0 Å². The van der Waals surface area contributed by atoms with Gasteiger partial charge >= 0.3 is 0 Å². The number of aromatic nitrogens is 1. The zero-order valence-electron chi connectivity index (χ0n) is 16.5. The first kappa shape index (κ1) is 19.2. The molecule has 1 atom stereocenters. The van der Waals surface area contributed by atoms with Gasteiger partial charge in [0.1, 0.15) is 0 Å². The average Bonchev–Trinajstić information content (AvgIpc) is 3.16. The Morgan fingerprint density at radius 2 is 2.07 bits per heavy atom. The molecule has 0 bridgehead atoms. The number of para-hydroxylation sites is 1. The maximum atomic E-state index is 12.9. The zero-order valence-corrected chi connectivity index (χ0v) is 17.3. The van der Waals surface area contributed by atoms with E-state index in [2.05, 4.69) is 17.1 Å². The SMILES string of the molecule is CCn1c(=O)c2cc(C(=O)NCCN3CCCC[C@H]3C)sc2c2ccccc21. The van der Waals surface area contributed by atoms with Crippen molar-refractivity contribution in [1.82, 2.24) is 14.8 Å². The first-order chi connectivity index (χ1) is 13.6. The van der Waals surface area contributed by atoms with Crippen molar-refractivity contribution in [3.05, 3.63) is 45.6 Å². The van der Waals surface area contributed by atoms with E-state index in [4.69, 9.17) is 0 Å². The number of piperidine rings is 1. The van der Waals surface area contributed by atoms with Gasteiger partial charge in [-0.2, -0.15) is 0 Å².